The molecule has 6 nitrogen and oxygen atoms in total. The molecule has 26 heavy (non-hydrogen) atoms. The highest BCUT2D eigenvalue weighted by Gasteiger charge is 2.11. The molecule has 2 aromatic carbocycles. The Balaban J connectivity index is 1.78. The first-order chi connectivity index (χ1) is 12.7. The van der Waals surface area contributed by atoms with Crippen molar-refractivity contribution in [1.29, 1.82) is 0 Å². The normalized spacial score (nSPS) is 10.7. The van der Waals surface area contributed by atoms with E-state index in [0.717, 1.165) is 11.3 Å². The van der Waals surface area contributed by atoms with Crippen LogP contribution in [0.1, 0.15) is 5.56 Å². The van der Waals surface area contributed by atoms with E-state index >= 15 is 0 Å². The monoisotopic (exact) mass is 369 g/mol. The van der Waals surface area contributed by atoms with Gasteiger partial charge in [-0.25, -0.2) is 4.98 Å². The summed E-state index contributed by atoms with van der Waals surface area (Å²) in [7, 11) is 4.77. The predicted octanol–water partition coefficient (Wildman–Crippen LogP) is 4.28. The third kappa shape index (κ3) is 3.94. The first kappa shape index (κ1) is 17.8. The molecule has 0 atom stereocenters. The number of thiazole rings is 1. The highest BCUT2D eigenvalue weighted by molar-refractivity contribution is 7.14. The molecule has 0 aliphatic heterocycles. The Morgan fingerprint density at radius 3 is 2.31 bits per heavy atom. The van der Waals surface area contributed by atoms with Crippen LogP contribution >= 0.6 is 11.3 Å². The number of methoxy groups -OCH3 is 3. The zero-order valence-electron chi connectivity index (χ0n) is 14.7. The van der Waals surface area contributed by atoms with Gasteiger partial charge >= 0.3 is 0 Å². The zero-order chi connectivity index (χ0) is 18.4. The van der Waals surface area contributed by atoms with Crippen molar-refractivity contribution in [3.8, 4) is 28.5 Å². The van der Waals surface area contributed by atoms with Gasteiger partial charge in [-0.05, 0) is 0 Å². The molecule has 0 fully saturated rings. The minimum absolute atomic E-state index is 0.607. The van der Waals surface area contributed by atoms with Crippen LogP contribution in [0, 0.1) is 0 Å². The molecule has 1 aromatic heterocycles. The number of ether oxygens (including phenoxy) is 3. The highest BCUT2D eigenvalue weighted by Crippen LogP contribution is 2.32. The lowest BCUT2D eigenvalue weighted by molar-refractivity contribution is 0.374. The van der Waals surface area contributed by atoms with E-state index in [4.69, 9.17) is 14.2 Å². The fourth-order valence-electron chi connectivity index (χ4n) is 2.38. The maximum atomic E-state index is 5.40. The molecule has 0 bridgehead atoms. The van der Waals surface area contributed by atoms with E-state index in [0.29, 0.717) is 27.9 Å². The second-order valence-electron chi connectivity index (χ2n) is 5.22. The van der Waals surface area contributed by atoms with E-state index in [1.807, 2.05) is 35.7 Å². The highest BCUT2D eigenvalue weighted by atomic mass is 32.1. The van der Waals surface area contributed by atoms with Crippen LogP contribution < -0.4 is 19.6 Å². The number of aromatic nitrogens is 1. The number of hydrazone groups is 1. The van der Waals surface area contributed by atoms with Crippen molar-refractivity contribution in [2.24, 2.45) is 5.10 Å². The fourth-order valence-corrected chi connectivity index (χ4v) is 3.05. The average molecular weight is 369 g/mol. The summed E-state index contributed by atoms with van der Waals surface area (Å²) in [6, 6.07) is 13.6. The second-order valence-corrected chi connectivity index (χ2v) is 6.08. The van der Waals surface area contributed by atoms with Crippen molar-refractivity contribution in [2.45, 2.75) is 0 Å². The Morgan fingerprint density at radius 1 is 1.00 bits per heavy atom. The largest absolute Gasteiger partial charge is 0.496 e. The van der Waals surface area contributed by atoms with Gasteiger partial charge in [0.05, 0.1) is 38.8 Å². The van der Waals surface area contributed by atoms with Crippen molar-refractivity contribution < 1.29 is 14.2 Å². The number of nitrogens with one attached hydrogen (secondary N) is 1. The molecule has 3 aromatic rings. The molecule has 0 amide bonds. The second kappa shape index (κ2) is 8.35. The lowest BCUT2D eigenvalue weighted by Gasteiger charge is -2.11. The summed E-state index contributed by atoms with van der Waals surface area (Å²) < 4.78 is 16.1. The van der Waals surface area contributed by atoms with Crippen LogP contribution in [0.5, 0.6) is 17.2 Å². The molecule has 7 heteroatoms. The number of nitrogens with zero attached hydrogens (tertiary/aromatic N) is 2. The standard InChI is InChI=1S/C19H19N3O3S/c1-23-14-9-17(24-2)15(18(10-14)25-3)11-20-22-19-21-16(12-26-19)13-7-5-4-6-8-13/h4-12H,1-3H3,(H,21,22)/b20-11-. The van der Waals surface area contributed by atoms with Gasteiger partial charge < -0.3 is 14.2 Å². The molecule has 134 valence electrons. The lowest BCUT2D eigenvalue weighted by Crippen LogP contribution is -1.99. The minimum Gasteiger partial charge on any atom is -0.496 e. The van der Waals surface area contributed by atoms with Crippen molar-refractivity contribution in [2.75, 3.05) is 26.8 Å². The van der Waals surface area contributed by atoms with Gasteiger partial charge in [-0.2, -0.15) is 5.10 Å². The Kier molecular flexibility index (Phi) is 5.70. The Bertz CT molecular complexity index is 869. The smallest absolute Gasteiger partial charge is 0.203 e. The summed E-state index contributed by atoms with van der Waals surface area (Å²) in [5, 5.41) is 6.95. The first-order valence-electron chi connectivity index (χ1n) is 7.85. The van der Waals surface area contributed by atoms with Gasteiger partial charge in [0.25, 0.3) is 0 Å². The van der Waals surface area contributed by atoms with E-state index in [1.165, 1.54) is 11.3 Å². The number of hydrogen-bond donors (Lipinski definition) is 1. The SMILES string of the molecule is COc1cc(OC)c(/C=N\Nc2nc(-c3ccccc3)cs2)c(OC)c1. The molecule has 0 aliphatic carbocycles. The molecule has 0 saturated heterocycles. The van der Waals surface area contributed by atoms with Gasteiger partial charge in [-0.1, -0.05) is 30.3 Å². The lowest BCUT2D eigenvalue weighted by atomic mass is 10.2. The predicted molar refractivity (Wildman–Crippen MR) is 105 cm³/mol. The molecule has 0 radical (unpaired) electrons. The molecule has 1 N–H and O–H groups in total. The quantitative estimate of drug-likeness (QED) is 0.497. The van der Waals surface area contributed by atoms with Gasteiger partial charge in [0.15, 0.2) is 0 Å². The van der Waals surface area contributed by atoms with Crippen LogP contribution in [0.3, 0.4) is 0 Å². The summed E-state index contributed by atoms with van der Waals surface area (Å²) in [4.78, 5) is 4.54. The van der Waals surface area contributed by atoms with Crippen LogP contribution in [0.2, 0.25) is 0 Å². The zero-order valence-corrected chi connectivity index (χ0v) is 15.5. The van der Waals surface area contributed by atoms with Gasteiger partial charge in [0.1, 0.15) is 17.2 Å². The number of hydrogen-bond acceptors (Lipinski definition) is 7. The molecule has 0 spiro atoms. The number of benzene rings is 2. The molecule has 0 aliphatic rings. The van der Waals surface area contributed by atoms with E-state index in [-0.39, 0.29) is 0 Å². The van der Waals surface area contributed by atoms with Crippen LogP contribution in [0.15, 0.2) is 52.9 Å². The Labute approximate surface area is 156 Å². The van der Waals surface area contributed by atoms with Crippen molar-refractivity contribution in [3.63, 3.8) is 0 Å². The van der Waals surface area contributed by atoms with Crippen LogP contribution in [-0.4, -0.2) is 32.5 Å². The van der Waals surface area contributed by atoms with Crippen LogP contribution in [0.4, 0.5) is 5.13 Å². The topological polar surface area (TPSA) is 65.0 Å². The summed E-state index contributed by atoms with van der Waals surface area (Å²) in [5.74, 6) is 1.86. The first-order valence-corrected chi connectivity index (χ1v) is 8.73. The minimum atomic E-state index is 0.607. The third-order valence-corrected chi connectivity index (χ3v) is 4.43. The average Bonchev–Trinajstić information content (AvgIpc) is 3.17. The summed E-state index contributed by atoms with van der Waals surface area (Å²) in [6.45, 7) is 0. The molecule has 1 heterocycles. The fraction of sp³-hybridized carbons (Fsp3) is 0.158. The van der Waals surface area contributed by atoms with Crippen molar-refractivity contribution in [1.82, 2.24) is 4.98 Å². The molecule has 3 rings (SSSR count). The maximum Gasteiger partial charge on any atom is 0.203 e. The van der Waals surface area contributed by atoms with Gasteiger partial charge in [0, 0.05) is 23.1 Å². The molecule has 0 unspecified atom stereocenters. The van der Waals surface area contributed by atoms with E-state index in [2.05, 4.69) is 15.5 Å². The van der Waals surface area contributed by atoms with Crippen molar-refractivity contribution in [3.05, 3.63) is 53.4 Å². The van der Waals surface area contributed by atoms with Gasteiger partial charge in [-0.15, -0.1) is 11.3 Å². The summed E-state index contributed by atoms with van der Waals surface area (Å²) in [5.41, 5.74) is 5.64. The summed E-state index contributed by atoms with van der Waals surface area (Å²) >= 11 is 1.49. The maximum absolute atomic E-state index is 5.40. The van der Waals surface area contributed by atoms with E-state index in [9.17, 15) is 0 Å². The van der Waals surface area contributed by atoms with Gasteiger partial charge in [-0.3, -0.25) is 5.43 Å². The van der Waals surface area contributed by atoms with E-state index in [1.54, 1.807) is 39.7 Å². The number of rotatable bonds is 7. The molecular formula is C19H19N3O3S. The number of anilines is 1. The van der Waals surface area contributed by atoms with Crippen LogP contribution in [-0.2, 0) is 0 Å². The van der Waals surface area contributed by atoms with E-state index < -0.39 is 0 Å². The van der Waals surface area contributed by atoms with Crippen LogP contribution in [0.25, 0.3) is 11.3 Å². The van der Waals surface area contributed by atoms with Crippen molar-refractivity contribution >= 4 is 22.7 Å². The van der Waals surface area contributed by atoms with Gasteiger partial charge in [0.2, 0.25) is 5.13 Å². The third-order valence-electron chi connectivity index (χ3n) is 3.68. The Hall–Kier alpha value is -3.06. The Morgan fingerprint density at radius 2 is 1.69 bits per heavy atom. The molecular weight excluding hydrogens is 350 g/mol. The summed E-state index contributed by atoms with van der Waals surface area (Å²) in [6.07, 6.45) is 1.64. The molecule has 0 saturated carbocycles.